The molecule has 9 nitrogen and oxygen atoms in total. The number of alkyl halides is 3. The number of fused-ring (bicyclic) bond motifs is 1. The van der Waals surface area contributed by atoms with E-state index >= 15 is 0 Å². The SMILES string of the molecule is NC(N)=NC(N)=NCCC1=CCc2ccc([N+](=O)[O-])cc21.O=CC(F)(F)F. The molecule has 0 atom stereocenters. The maximum atomic E-state index is 10.8. The second-order valence-electron chi connectivity index (χ2n) is 5.22. The molecule has 0 bridgehead atoms. The third kappa shape index (κ3) is 7.54. The van der Waals surface area contributed by atoms with Gasteiger partial charge in [0.15, 0.2) is 5.96 Å². The number of aldehydes is 1. The van der Waals surface area contributed by atoms with E-state index in [4.69, 9.17) is 22.0 Å². The fraction of sp³-hybridized carbons (Fsp3) is 0.267. The van der Waals surface area contributed by atoms with Crippen molar-refractivity contribution in [2.45, 2.75) is 19.0 Å². The van der Waals surface area contributed by atoms with E-state index in [1.807, 2.05) is 6.08 Å². The van der Waals surface area contributed by atoms with E-state index in [9.17, 15) is 23.3 Å². The van der Waals surface area contributed by atoms with Crippen LogP contribution in [0, 0.1) is 10.1 Å². The third-order valence-electron chi connectivity index (χ3n) is 3.25. The van der Waals surface area contributed by atoms with E-state index in [2.05, 4.69) is 9.98 Å². The highest BCUT2D eigenvalue weighted by Crippen LogP contribution is 2.32. The van der Waals surface area contributed by atoms with Gasteiger partial charge in [-0.15, -0.1) is 0 Å². The summed E-state index contributed by atoms with van der Waals surface area (Å²) >= 11 is 0. The lowest BCUT2D eigenvalue weighted by Crippen LogP contribution is -2.26. The van der Waals surface area contributed by atoms with Gasteiger partial charge in [0, 0.05) is 18.7 Å². The van der Waals surface area contributed by atoms with Gasteiger partial charge in [-0.1, -0.05) is 12.1 Å². The van der Waals surface area contributed by atoms with Crippen molar-refractivity contribution >= 4 is 29.5 Å². The van der Waals surface area contributed by atoms with Crippen LogP contribution in [0.2, 0.25) is 0 Å². The largest absolute Gasteiger partial charge is 0.446 e. The van der Waals surface area contributed by atoms with Gasteiger partial charge in [-0.25, -0.2) is 0 Å². The van der Waals surface area contributed by atoms with Gasteiger partial charge in [-0.3, -0.25) is 19.9 Å². The molecule has 0 aromatic heterocycles. The maximum absolute atomic E-state index is 10.8. The number of nitrogens with zero attached hydrogens (tertiary/aromatic N) is 3. The molecule has 0 amide bonds. The number of carbonyl (C=O) groups excluding carboxylic acids is 1. The fourth-order valence-corrected chi connectivity index (χ4v) is 2.19. The number of allylic oxidation sites excluding steroid dienone is 1. The predicted molar refractivity (Wildman–Crippen MR) is 93.8 cm³/mol. The van der Waals surface area contributed by atoms with Crippen LogP contribution in [-0.4, -0.2) is 35.8 Å². The minimum Gasteiger partial charge on any atom is -0.370 e. The molecule has 12 heteroatoms. The van der Waals surface area contributed by atoms with E-state index in [1.54, 1.807) is 12.1 Å². The van der Waals surface area contributed by atoms with Crippen molar-refractivity contribution in [3.63, 3.8) is 0 Å². The van der Waals surface area contributed by atoms with Crippen molar-refractivity contribution in [3.8, 4) is 0 Å². The number of guanidine groups is 2. The molecule has 0 spiro atoms. The fourth-order valence-electron chi connectivity index (χ4n) is 2.19. The van der Waals surface area contributed by atoms with Gasteiger partial charge in [-0.2, -0.15) is 18.2 Å². The van der Waals surface area contributed by atoms with Crippen LogP contribution in [0.15, 0.2) is 34.3 Å². The van der Waals surface area contributed by atoms with E-state index in [-0.39, 0.29) is 17.6 Å². The molecule has 0 radical (unpaired) electrons. The molecule has 1 aliphatic carbocycles. The van der Waals surface area contributed by atoms with Gasteiger partial charge in [-0.05, 0) is 29.5 Å². The molecule has 1 aliphatic rings. The molecular weight excluding hydrogens is 369 g/mol. The number of nitrogens with two attached hydrogens (primary N) is 3. The molecule has 1 aromatic rings. The number of rotatable bonds is 4. The van der Waals surface area contributed by atoms with Crippen LogP contribution >= 0.6 is 0 Å². The van der Waals surface area contributed by atoms with Crippen LogP contribution in [-0.2, 0) is 11.2 Å². The number of hydrogen-bond acceptors (Lipinski definition) is 4. The van der Waals surface area contributed by atoms with Crippen molar-refractivity contribution in [1.82, 2.24) is 0 Å². The summed E-state index contributed by atoms with van der Waals surface area (Å²) < 4.78 is 31.2. The van der Waals surface area contributed by atoms with E-state index < -0.39 is 17.4 Å². The average molecular weight is 386 g/mol. The standard InChI is InChI=1S/C13H16N6O2.C2HF3O/c14-12(15)18-13(16)17-6-5-9-2-1-8-3-4-10(19(20)21)7-11(8)9;3-2(4,5)1-6/h2-4,7H,1,5-6H2,(H6,14,15,16,17,18);1H. The highest BCUT2D eigenvalue weighted by molar-refractivity contribution is 5.92. The number of carbonyl (C=O) groups is 1. The highest BCUT2D eigenvalue weighted by Gasteiger charge is 2.24. The van der Waals surface area contributed by atoms with Crippen molar-refractivity contribution in [2.75, 3.05) is 6.54 Å². The Kier molecular flexibility index (Phi) is 7.45. The van der Waals surface area contributed by atoms with E-state index in [0.717, 1.165) is 23.1 Å². The van der Waals surface area contributed by atoms with Crippen LogP contribution in [0.5, 0.6) is 0 Å². The molecule has 0 unspecified atom stereocenters. The van der Waals surface area contributed by atoms with Crippen molar-refractivity contribution in [2.24, 2.45) is 27.2 Å². The van der Waals surface area contributed by atoms with Crippen LogP contribution in [0.4, 0.5) is 18.9 Å². The monoisotopic (exact) mass is 386 g/mol. The van der Waals surface area contributed by atoms with Crippen LogP contribution < -0.4 is 17.2 Å². The van der Waals surface area contributed by atoms with Crippen molar-refractivity contribution in [3.05, 3.63) is 45.5 Å². The Hall–Kier alpha value is -3.44. The molecule has 0 saturated heterocycles. The van der Waals surface area contributed by atoms with E-state index in [0.29, 0.717) is 13.0 Å². The summed E-state index contributed by atoms with van der Waals surface area (Å²) in [7, 11) is 0. The first-order valence-electron chi connectivity index (χ1n) is 7.43. The number of aliphatic imine (C=N–C) groups is 2. The lowest BCUT2D eigenvalue weighted by Gasteiger charge is -2.04. The van der Waals surface area contributed by atoms with Gasteiger partial charge >= 0.3 is 6.18 Å². The second kappa shape index (κ2) is 9.31. The minimum atomic E-state index is -4.64. The number of halogens is 3. The molecule has 6 N–H and O–H groups in total. The Balaban J connectivity index is 0.000000527. The van der Waals surface area contributed by atoms with Gasteiger partial charge in [0.25, 0.3) is 5.69 Å². The minimum absolute atomic E-state index is 0.0212. The normalized spacial score (nSPS) is 13.0. The quantitative estimate of drug-likeness (QED) is 0.232. The summed E-state index contributed by atoms with van der Waals surface area (Å²) in [4.78, 5) is 26.8. The van der Waals surface area contributed by atoms with Crippen LogP contribution in [0.1, 0.15) is 17.5 Å². The second-order valence-corrected chi connectivity index (χ2v) is 5.22. The predicted octanol–water partition coefficient (Wildman–Crippen LogP) is 1.26. The number of non-ortho nitro benzene ring substituents is 1. The molecule has 0 saturated carbocycles. The molecule has 2 rings (SSSR count). The number of nitro benzene ring substituents is 1. The average Bonchev–Trinajstić information content (AvgIpc) is 2.96. The smallest absolute Gasteiger partial charge is 0.370 e. The number of benzene rings is 1. The summed E-state index contributed by atoms with van der Waals surface area (Å²) in [5.41, 5.74) is 19.0. The number of nitro groups is 1. The van der Waals surface area contributed by atoms with Crippen LogP contribution in [0.3, 0.4) is 0 Å². The lowest BCUT2D eigenvalue weighted by atomic mass is 10.0. The molecule has 0 aliphatic heterocycles. The summed E-state index contributed by atoms with van der Waals surface area (Å²) in [6.07, 6.45) is -2.27. The Bertz CT molecular complexity index is 798. The zero-order valence-corrected chi connectivity index (χ0v) is 13.9. The first-order chi connectivity index (χ1) is 12.5. The van der Waals surface area contributed by atoms with Crippen LogP contribution in [0.25, 0.3) is 5.57 Å². The van der Waals surface area contributed by atoms with Gasteiger partial charge < -0.3 is 17.2 Å². The van der Waals surface area contributed by atoms with Gasteiger partial charge in [0.1, 0.15) is 0 Å². The summed E-state index contributed by atoms with van der Waals surface area (Å²) in [6.45, 7) is 0.413. The first-order valence-corrected chi connectivity index (χ1v) is 7.43. The molecule has 146 valence electrons. The summed E-state index contributed by atoms with van der Waals surface area (Å²) in [5, 5.41) is 10.8. The Morgan fingerprint density at radius 2 is 1.93 bits per heavy atom. The summed E-state index contributed by atoms with van der Waals surface area (Å²) in [5.74, 6) is -0.120. The Morgan fingerprint density at radius 3 is 2.44 bits per heavy atom. The Morgan fingerprint density at radius 1 is 1.30 bits per heavy atom. The first kappa shape index (κ1) is 21.6. The maximum Gasteiger partial charge on any atom is 0.446 e. The topological polar surface area (TPSA) is 163 Å². The van der Waals surface area contributed by atoms with E-state index in [1.165, 1.54) is 6.07 Å². The van der Waals surface area contributed by atoms with Gasteiger partial charge in [0.05, 0.1) is 4.92 Å². The zero-order chi connectivity index (χ0) is 20.6. The molecule has 27 heavy (non-hydrogen) atoms. The van der Waals surface area contributed by atoms with Crippen molar-refractivity contribution < 1.29 is 22.9 Å². The number of hydrogen-bond donors (Lipinski definition) is 3. The molecule has 0 heterocycles. The summed E-state index contributed by atoms with van der Waals surface area (Å²) in [6, 6.07) is 4.90. The third-order valence-corrected chi connectivity index (χ3v) is 3.25. The molecule has 0 fully saturated rings. The van der Waals surface area contributed by atoms with Gasteiger partial charge in [0.2, 0.25) is 12.2 Å². The van der Waals surface area contributed by atoms with Crippen molar-refractivity contribution in [1.29, 1.82) is 0 Å². The zero-order valence-electron chi connectivity index (χ0n) is 13.9. The Labute approximate surface area is 151 Å². The molecule has 1 aromatic carbocycles. The highest BCUT2D eigenvalue weighted by atomic mass is 19.4. The lowest BCUT2D eigenvalue weighted by molar-refractivity contribution is -0.384. The molecular formula is C15H17F3N6O3.